The monoisotopic (exact) mass is 239 g/mol. The van der Waals surface area contributed by atoms with Crippen LogP contribution < -0.4 is 5.32 Å². The molecule has 1 N–H and O–H groups in total. The summed E-state index contributed by atoms with van der Waals surface area (Å²) in [5.41, 5.74) is 0.421. The fourth-order valence-electron chi connectivity index (χ4n) is 1.74. The number of rotatable bonds is 5. The zero-order valence-electron chi connectivity index (χ0n) is 11.2. The molecule has 1 heterocycles. The summed E-state index contributed by atoms with van der Waals surface area (Å²) in [6, 6.07) is 4.89. The van der Waals surface area contributed by atoms with E-state index in [0.29, 0.717) is 17.4 Å². The summed E-state index contributed by atoms with van der Waals surface area (Å²) in [5.74, 6) is 0.651. The Morgan fingerprint density at radius 1 is 1.31 bits per heavy atom. The van der Waals surface area contributed by atoms with E-state index in [4.69, 9.17) is 0 Å². The van der Waals surface area contributed by atoms with Crippen molar-refractivity contribution in [1.82, 2.24) is 5.32 Å². The molecule has 0 radical (unpaired) electrons. The Kier molecular flexibility index (Phi) is 5.00. The Bertz CT molecular complexity index is 282. The van der Waals surface area contributed by atoms with E-state index in [1.54, 1.807) is 0 Å². The highest BCUT2D eigenvalue weighted by Gasteiger charge is 2.17. The average Bonchev–Trinajstić information content (AvgIpc) is 2.62. The van der Waals surface area contributed by atoms with Gasteiger partial charge in [-0.15, -0.1) is 11.3 Å². The molecule has 0 aliphatic carbocycles. The molecular weight excluding hydrogens is 214 g/mol. The molecule has 0 aliphatic heterocycles. The van der Waals surface area contributed by atoms with E-state index in [1.165, 1.54) is 11.3 Å². The summed E-state index contributed by atoms with van der Waals surface area (Å²) < 4.78 is 0. The molecule has 1 atom stereocenters. The van der Waals surface area contributed by atoms with E-state index in [-0.39, 0.29) is 0 Å². The van der Waals surface area contributed by atoms with Gasteiger partial charge in [-0.1, -0.05) is 40.7 Å². The molecule has 0 saturated carbocycles. The van der Waals surface area contributed by atoms with Gasteiger partial charge >= 0.3 is 0 Å². The highest BCUT2D eigenvalue weighted by molar-refractivity contribution is 7.10. The highest BCUT2D eigenvalue weighted by atomic mass is 32.1. The SMILES string of the molecule is CC(C)C(NCCC(C)(C)C)c1cccs1. The molecule has 0 bridgehead atoms. The van der Waals surface area contributed by atoms with Crippen molar-refractivity contribution >= 4 is 11.3 Å². The van der Waals surface area contributed by atoms with E-state index >= 15 is 0 Å². The third kappa shape index (κ3) is 4.67. The van der Waals surface area contributed by atoms with Gasteiger partial charge in [-0.05, 0) is 35.7 Å². The molecule has 1 rings (SSSR count). The molecule has 1 aromatic rings. The lowest BCUT2D eigenvalue weighted by atomic mass is 9.92. The zero-order valence-corrected chi connectivity index (χ0v) is 12.0. The topological polar surface area (TPSA) is 12.0 Å². The van der Waals surface area contributed by atoms with Gasteiger partial charge in [0, 0.05) is 10.9 Å². The van der Waals surface area contributed by atoms with Crippen molar-refractivity contribution < 1.29 is 0 Å². The van der Waals surface area contributed by atoms with Crippen molar-refractivity contribution in [2.45, 2.75) is 47.1 Å². The molecule has 0 fully saturated rings. The molecule has 0 aromatic carbocycles. The van der Waals surface area contributed by atoms with Gasteiger partial charge in [0.1, 0.15) is 0 Å². The Hall–Kier alpha value is -0.340. The Balaban J connectivity index is 2.48. The second-order valence-electron chi connectivity index (χ2n) is 6.00. The smallest absolute Gasteiger partial charge is 0.0438 e. The fraction of sp³-hybridized carbons (Fsp3) is 0.714. The summed E-state index contributed by atoms with van der Waals surface area (Å²) in [5, 5.41) is 5.85. The van der Waals surface area contributed by atoms with Gasteiger partial charge in [-0.3, -0.25) is 0 Å². The molecule has 0 amide bonds. The molecule has 92 valence electrons. The van der Waals surface area contributed by atoms with Crippen molar-refractivity contribution in [3.8, 4) is 0 Å². The van der Waals surface area contributed by atoms with E-state index in [1.807, 2.05) is 11.3 Å². The molecule has 0 spiro atoms. The lowest BCUT2D eigenvalue weighted by Crippen LogP contribution is -2.28. The van der Waals surface area contributed by atoms with Gasteiger partial charge in [-0.25, -0.2) is 0 Å². The van der Waals surface area contributed by atoms with Crippen LogP contribution in [0.4, 0.5) is 0 Å². The minimum Gasteiger partial charge on any atom is -0.309 e. The van der Waals surface area contributed by atoms with Crippen LogP contribution in [-0.4, -0.2) is 6.54 Å². The van der Waals surface area contributed by atoms with Gasteiger partial charge in [0.25, 0.3) is 0 Å². The first kappa shape index (κ1) is 13.7. The van der Waals surface area contributed by atoms with Crippen LogP contribution in [-0.2, 0) is 0 Å². The van der Waals surface area contributed by atoms with Crippen molar-refractivity contribution in [3.63, 3.8) is 0 Å². The lowest BCUT2D eigenvalue weighted by molar-refractivity contribution is 0.334. The van der Waals surface area contributed by atoms with Crippen LogP contribution in [0.2, 0.25) is 0 Å². The van der Waals surface area contributed by atoms with Crippen molar-refractivity contribution in [2.24, 2.45) is 11.3 Å². The van der Waals surface area contributed by atoms with Crippen molar-refractivity contribution in [1.29, 1.82) is 0 Å². The van der Waals surface area contributed by atoms with Gasteiger partial charge in [0.2, 0.25) is 0 Å². The Morgan fingerprint density at radius 2 is 2.00 bits per heavy atom. The van der Waals surface area contributed by atoms with Crippen LogP contribution in [0.3, 0.4) is 0 Å². The minimum absolute atomic E-state index is 0.421. The summed E-state index contributed by atoms with van der Waals surface area (Å²) >= 11 is 1.85. The van der Waals surface area contributed by atoms with Gasteiger partial charge in [0.15, 0.2) is 0 Å². The third-order valence-electron chi connectivity index (χ3n) is 2.76. The number of thiophene rings is 1. The predicted octanol–water partition coefficient (Wildman–Crippen LogP) is 4.47. The molecular formula is C14H25NS. The van der Waals surface area contributed by atoms with E-state index in [0.717, 1.165) is 6.54 Å². The Morgan fingerprint density at radius 3 is 2.44 bits per heavy atom. The molecule has 2 heteroatoms. The molecule has 1 aromatic heterocycles. The van der Waals surface area contributed by atoms with E-state index < -0.39 is 0 Å². The van der Waals surface area contributed by atoms with Gasteiger partial charge in [-0.2, -0.15) is 0 Å². The molecule has 1 nitrogen and oxygen atoms in total. The second-order valence-corrected chi connectivity index (χ2v) is 6.98. The van der Waals surface area contributed by atoms with Crippen molar-refractivity contribution in [3.05, 3.63) is 22.4 Å². The second kappa shape index (κ2) is 5.83. The third-order valence-corrected chi connectivity index (χ3v) is 3.71. The van der Waals surface area contributed by atoms with Crippen LogP contribution >= 0.6 is 11.3 Å². The summed E-state index contributed by atoms with van der Waals surface area (Å²) in [4.78, 5) is 1.46. The van der Waals surface area contributed by atoms with Crippen molar-refractivity contribution in [2.75, 3.05) is 6.54 Å². The summed E-state index contributed by atoms with van der Waals surface area (Å²) in [6.45, 7) is 12.6. The first-order valence-electron chi connectivity index (χ1n) is 6.17. The highest BCUT2D eigenvalue weighted by Crippen LogP contribution is 2.26. The Labute approximate surface area is 104 Å². The first-order valence-corrected chi connectivity index (χ1v) is 7.05. The fourth-order valence-corrected chi connectivity index (χ4v) is 2.71. The van der Waals surface area contributed by atoms with Gasteiger partial charge in [0.05, 0.1) is 0 Å². The maximum absolute atomic E-state index is 3.69. The maximum atomic E-state index is 3.69. The van der Waals surface area contributed by atoms with Crippen LogP contribution in [0.15, 0.2) is 17.5 Å². The standard InChI is InChI=1S/C14H25NS/c1-11(2)13(12-7-6-10-16-12)15-9-8-14(3,4)5/h6-7,10-11,13,15H,8-9H2,1-5H3. The van der Waals surface area contributed by atoms with Crippen LogP contribution in [0, 0.1) is 11.3 Å². The number of hydrogen-bond donors (Lipinski definition) is 1. The first-order chi connectivity index (χ1) is 7.40. The van der Waals surface area contributed by atoms with E-state index in [2.05, 4.69) is 57.4 Å². The molecule has 0 aliphatic rings. The van der Waals surface area contributed by atoms with E-state index in [9.17, 15) is 0 Å². The number of nitrogens with one attached hydrogen (secondary N) is 1. The molecule has 0 saturated heterocycles. The van der Waals surface area contributed by atoms with Crippen LogP contribution in [0.5, 0.6) is 0 Å². The van der Waals surface area contributed by atoms with Gasteiger partial charge < -0.3 is 5.32 Å². The molecule has 1 unspecified atom stereocenters. The quantitative estimate of drug-likeness (QED) is 0.799. The average molecular weight is 239 g/mol. The van der Waals surface area contributed by atoms with Crippen LogP contribution in [0.1, 0.15) is 52.0 Å². The summed E-state index contributed by atoms with van der Waals surface area (Å²) in [7, 11) is 0. The summed E-state index contributed by atoms with van der Waals surface area (Å²) in [6.07, 6.45) is 1.22. The number of hydrogen-bond acceptors (Lipinski definition) is 2. The lowest BCUT2D eigenvalue weighted by Gasteiger charge is -2.24. The minimum atomic E-state index is 0.421. The van der Waals surface area contributed by atoms with Crippen LogP contribution in [0.25, 0.3) is 0 Å². The maximum Gasteiger partial charge on any atom is 0.0438 e. The predicted molar refractivity (Wildman–Crippen MR) is 74.0 cm³/mol. The molecule has 16 heavy (non-hydrogen) atoms. The normalized spacial score (nSPS) is 14.4. The largest absolute Gasteiger partial charge is 0.309 e. The zero-order chi connectivity index (χ0) is 12.2.